The van der Waals surface area contributed by atoms with E-state index in [0.717, 1.165) is 0 Å². The van der Waals surface area contributed by atoms with Gasteiger partial charge in [0.15, 0.2) is 0 Å². The summed E-state index contributed by atoms with van der Waals surface area (Å²) in [6.45, 7) is 0. The number of para-hydroxylation sites is 1. The van der Waals surface area contributed by atoms with Gasteiger partial charge in [-0.2, -0.15) is 0 Å². The van der Waals surface area contributed by atoms with Crippen LogP contribution in [0.15, 0.2) is 200 Å². The van der Waals surface area contributed by atoms with Crippen molar-refractivity contribution in [1.82, 2.24) is 4.57 Å². The molecule has 0 spiro atoms. The molecule has 0 atom stereocenters. The molecule has 0 N–H and O–H groups in total. The fourth-order valence-corrected chi connectivity index (χ4v) is 9.41. The third-order valence-electron chi connectivity index (χ3n) is 12.0. The lowest BCUT2D eigenvalue weighted by atomic mass is 9.92. The van der Waals surface area contributed by atoms with E-state index in [1.54, 1.807) is 0 Å². The summed E-state index contributed by atoms with van der Waals surface area (Å²) in [6, 6.07) is 74.0. The summed E-state index contributed by atoms with van der Waals surface area (Å²) in [5.41, 5.74) is 8.48. The second kappa shape index (κ2) is 11.6. The van der Waals surface area contributed by atoms with E-state index in [1.165, 1.54) is 114 Å². The van der Waals surface area contributed by atoms with E-state index in [4.69, 9.17) is 0 Å². The molecular weight excluding hydrogens is 663 g/mol. The van der Waals surface area contributed by atoms with Gasteiger partial charge in [-0.3, -0.25) is 0 Å². The Kier molecular flexibility index (Phi) is 6.40. The number of nitrogens with zero attached hydrogens (tertiary/aromatic N) is 1. The van der Waals surface area contributed by atoms with Crippen molar-refractivity contribution >= 4 is 86.4 Å². The summed E-state index contributed by atoms with van der Waals surface area (Å²) < 4.78 is 2.44. The molecule has 1 heteroatoms. The molecule has 1 heterocycles. The van der Waals surface area contributed by atoms with Gasteiger partial charge in [0.2, 0.25) is 0 Å². The number of rotatable bonds is 3. The van der Waals surface area contributed by atoms with Crippen LogP contribution in [-0.4, -0.2) is 4.57 Å². The molecule has 0 fully saturated rings. The first-order valence-corrected chi connectivity index (χ1v) is 19.1. The van der Waals surface area contributed by atoms with Crippen LogP contribution in [-0.2, 0) is 0 Å². The Hall–Kier alpha value is -7.22. The largest absolute Gasteiger partial charge is 0.309 e. The average Bonchev–Trinajstić information content (AvgIpc) is 3.60. The standard InChI is InChI=1S/C54H33N/c1-3-15-43-39(11-1)41-13-5-7-17-45(41)50-31-36(25-28-47(43)50)34-21-23-35(24-22-34)37-26-30-54-52(32-37)49-19-9-10-20-53(49)55(54)38-27-29-48-44-16-4-2-12-40(44)42-14-6-8-18-46(42)51(48)33-38/h1-33H. The van der Waals surface area contributed by atoms with Crippen LogP contribution in [0.1, 0.15) is 0 Å². The summed E-state index contributed by atoms with van der Waals surface area (Å²) in [5, 5.41) is 18.1. The summed E-state index contributed by atoms with van der Waals surface area (Å²) in [7, 11) is 0. The van der Waals surface area contributed by atoms with Crippen LogP contribution in [0.5, 0.6) is 0 Å². The van der Waals surface area contributed by atoms with E-state index < -0.39 is 0 Å². The second-order valence-corrected chi connectivity index (χ2v) is 14.8. The molecule has 0 unspecified atom stereocenters. The second-order valence-electron chi connectivity index (χ2n) is 14.8. The minimum absolute atomic E-state index is 1.17. The van der Waals surface area contributed by atoms with Crippen molar-refractivity contribution in [2.45, 2.75) is 0 Å². The van der Waals surface area contributed by atoms with Gasteiger partial charge in [0.1, 0.15) is 0 Å². The highest BCUT2D eigenvalue weighted by Crippen LogP contribution is 2.41. The molecular formula is C54H33N. The van der Waals surface area contributed by atoms with Gasteiger partial charge < -0.3 is 4.57 Å². The van der Waals surface area contributed by atoms with Crippen LogP contribution in [0.4, 0.5) is 0 Å². The van der Waals surface area contributed by atoms with Crippen LogP contribution in [0.25, 0.3) is 114 Å². The molecule has 0 aliphatic carbocycles. The zero-order valence-corrected chi connectivity index (χ0v) is 30.0. The minimum Gasteiger partial charge on any atom is -0.309 e. The predicted molar refractivity (Wildman–Crippen MR) is 237 cm³/mol. The zero-order chi connectivity index (χ0) is 36.0. The van der Waals surface area contributed by atoms with E-state index in [9.17, 15) is 0 Å². The fourth-order valence-electron chi connectivity index (χ4n) is 9.41. The molecule has 1 nitrogen and oxygen atoms in total. The zero-order valence-electron chi connectivity index (χ0n) is 30.0. The SMILES string of the molecule is c1ccc2c(c1)c1ccccc1c1cc(-c3ccc(-c4ccc5c(c4)c4ccccc4n5-c4ccc5c6ccccc6c6ccccc6c5c4)cc3)ccc21. The Balaban J connectivity index is 0.972. The summed E-state index contributed by atoms with van der Waals surface area (Å²) in [6.07, 6.45) is 0. The van der Waals surface area contributed by atoms with Gasteiger partial charge in [-0.25, -0.2) is 0 Å². The van der Waals surface area contributed by atoms with Crippen molar-refractivity contribution in [1.29, 1.82) is 0 Å². The fraction of sp³-hybridized carbons (Fsp3) is 0. The molecule has 12 rings (SSSR count). The van der Waals surface area contributed by atoms with Gasteiger partial charge >= 0.3 is 0 Å². The molecule has 0 aliphatic heterocycles. The van der Waals surface area contributed by atoms with Crippen molar-refractivity contribution in [2.75, 3.05) is 0 Å². The molecule has 254 valence electrons. The first-order valence-electron chi connectivity index (χ1n) is 19.1. The maximum absolute atomic E-state index is 2.44. The van der Waals surface area contributed by atoms with Gasteiger partial charge in [-0.15, -0.1) is 0 Å². The molecule has 0 radical (unpaired) electrons. The van der Waals surface area contributed by atoms with Gasteiger partial charge in [-0.05, 0) is 123 Å². The normalized spacial score (nSPS) is 12.0. The number of hydrogen-bond donors (Lipinski definition) is 0. The number of fused-ring (bicyclic) bond motifs is 15. The van der Waals surface area contributed by atoms with Crippen LogP contribution in [0, 0.1) is 0 Å². The molecule has 0 aliphatic rings. The van der Waals surface area contributed by atoms with Gasteiger partial charge in [0, 0.05) is 16.5 Å². The Bertz CT molecular complexity index is 3460. The highest BCUT2D eigenvalue weighted by atomic mass is 15.0. The van der Waals surface area contributed by atoms with Crippen LogP contribution < -0.4 is 0 Å². The molecule has 0 bridgehead atoms. The third kappa shape index (κ3) is 4.48. The van der Waals surface area contributed by atoms with Crippen molar-refractivity contribution in [3.8, 4) is 27.9 Å². The van der Waals surface area contributed by atoms with Crippen molar-refractivity contribution in [3.05, 3.63) is 200 Å². The first-order chi connectivity index (χ1) is 27.3. The van der Waals surface area contributed by atoms with E-state index in [2.05, 4.69) is 205 Å². The Labute approximate surface area is 317 Å². The summed E-state index contributed by atoms with van der Waals surface area (Å²) >= 11 is 0. The van der Waals surface area contributed by atoms with E-state index >= 15 is 0 Å². The molecule has 0 saturated carbocycles. The maximum Gasteiger partial charge on any atom is 0.0541 e. The van der Waals surface area contributed by atoms with Crippen molar-refractivity contribution in [3.63, 3.8) is 0 Å². The molecule has 11 aromatic carbocycles. The lowest BCUT2D eigenvalue weighted by Gasteiger charge is -2.14. The lowest BCUT2D eigenvalue weighted by molar-refractivity contribution is 1.19. The number of benzene rings is 11. The lowest BCUT2D eigenvalue weighted by Crippen LogP contribution is -1.94. The van der Waals surface area contributed by atoms with E-state index in [0.29, 0.717) is 0 Å². The summed E-state index contributed by atoms with van der Waals surface area (Å²) in [5.74, 6) is 0. The topological polar surface area (TPSA) is 4.93 Å². The minimum atomic E-state index is 1.17. The average molecular weight is 696 g/mol. The highest BCUT2D eigenvalue weighted by molar-refractivity contribution is 6.27. The van der Waals surface area contributed by atoms with Gasteiger partial charge in [0.05, 0.1) is 11.0 Å². The Morgan fingerprint density at radius 3 is 1.04 bits per heavy atom. The maximum atomic E-state index is 2.44. The molecule has 55 heavy (non-hydrogen) atoms. The van der Waals surface area contributed by atoms with Crippen LogP contribution in [0.3, 0.4) is 0 Å². The predicted octanol–water partition coefficient (Wildman–Crippen LogP) is 15.0. The first kappa shape index (κ1) is 30.3. The Morgan fingerprint density at radius 2 is 0.527 bits per heavy atom. The molecule has 1 aromatic heterocycles. The van der Waals surface area contributed by atoms with E-state index in [1.807, 2.05) is 0 Å². The monoisotopic (exact) mass is 695 g/mol. The highest BCUT2D eigenvalue weighted by Gasteiger charge is 2.16. The number of aromatic nitrogens is 1. The van der Waals surface area contributed by atoms with Crippen LogP contribution >= 0.6 is 0 Å². The molecule has 0 saturated heterocycles. The molecule has 12 aromatic rings. The van der Waals surface area contributed by atoms with Crippen molar-refractivity contribution < 1.29 is 0 Å². The van der Waals surface area contributed by atoms with Crippen molar-refractivity contribution in [2.24, 2.45) is 0 Å². The third-order valence-corrected chi connectivity index (χ3v) is 12.0. The number of hydrogen-bond acceptors (Lipinski definition) is 0. The quantitative estimate of drug-likeness (QED) is 0.162. The smallest absolute Gasteiger partial charge is 0.0541 e. The molecule has 0 amide bonds. The van der Waals surface area contributed by atoms with E-state index in [-0.39, 0.29) is 0 Å². The van der Waals surface area contributed by atoms with Gasteiger partial charge in [0.25, 0.3) is 0 Å². The summed E-state index contributed by atoms with van der Waals surface area (Å²) in [4.78, 5) is 0. The Morgan fingerprint density at radius 1 is 0.200 bits per heavy atom. The van der Waals surface area contributed by atoms with Gasteiger partial charge in [-0.1, -0.05) is 164 Å². The van der Waals surface area contributed by atoms with Crippen LogP contribution in [0.2, 0.25) is 0 Å².